The molecule has 0 amide bonds. The molecule has 2 aromatic carbocycles. The van der Waals surface area contributed by atoms with E-state index in [0.29, 0.717) is 49.7 Å². The van der Waals surface area contributed by atoms with Crippen molar-refractivity contribution in [3.05, 3.63) is 59.9 Å². The second-order valence-electron chi connectivity index (χ2n) is 7.79. The van der Waals surface area contributed by atoms with Gasteiger partial charge in [0.15, 0.2) is 5.82 Å². The van der Waals surface area contributed by atoms with Crippen LogP contribution in [-0.4, -0.2) is 61.1 Å². The van der Waals surface area contributed by atoms with Crippen molar-refractivity contribution in [2.45, 2.75) is 31.2 Å². The van der Waals surface area contributed by atoms with Crippen molar-refractivity contribution in [1.82, 2.24) is 19.3 Å². The fraction of sp³-hybridized carbons (Fsp3) is 0.391. The summed E-state index contributed by atoms with van der Waals surface area (Å²) in [5, 5.41) is 3.98. The van der Waals surface area contributed by atoms with Gasteiger partial charge in [-0.2, -0.15) is 9.29 Å². The Morgan fingerprint density at radius 3 is 2.50 bits per heavy atom. The first-order valence-corrected chi connectivity index (χ1v) is 12.2. The molecule has 8 nitrogen and oxygen atoms in total. The predicted molar refractivity (Wildman–Crippen MR) is 121 cm³/mol. The maximum Gasteiger partial charge on any atom is 0.261 e. The molecule has 0 aliphatic carbocycles. The first kappa shape index (κ1) is 22.4. The van der Waals surface area contributed by atoms with E-state index in [0.717, 1.165) is 13.0 Å². The highest BCUT2D eigenvalue weighted by atomic mass is 32.2. The predicted octanol–water partition coefficient (Wildman–Crippen LogP) is 3.20. The molecule has 1 fully saturated rings. The summed E-state index contributed by atoms with van der Waals surface area (Å²) in [6.07, 6.45) is 1.58. The van der Waals surface area contributed by atoms with Crippen LogP contribution in [0.15, 0.2) is 57.9 Å². The lowest BCUT2D eigenvalue weighted by Crippen LogP contribution is -2.48. The van der Waals surface area contributed by atoms with Gasteiger partial charge in [-0.25, -0.2) is 8.42 Å². The van der Waals surface area contributed by atoms with E-state index < -0.39 is 10.0 Å². The van der Waals surface area contributed by atoms with Crippen LogP contribution in [0.2, 0.25) is 0 Å². The molecule has 0 bridgehead atoms. The van der Waals surface area contributed by atoms with Gasteiger partial charge < -0.3 is 9.26 Å². The SMILES string of the molecule is CCCc1noc(-c2cc(S(=O)(=O)N3CCN(Cc4ccccc4)CC3)ccc2OC)n1. The Kier molecular flexibility index (Phi) is 6.88. The monoisotopic (exact) mass is 456 g/mol. The number of nitrogens with zero attached hydrogens (tertiary/aromatic N) is 4. The average molecular weight is 457 g/mol. The van der Waals surface area contributed by atoms with E-state index in [-0.39, 0.29) is 10.8 Å². The van der Waals surface area contributed by atoms with Gasteiger partial charge in [-0.15, -0.1) is 0 Å². The molecule has 4 rings (SSSR count). The molecule has 0 radical (unpaired) electrons. The Morgan fingerprint density at radius 1 is 1.06 bits per heavy atom. The molecule has 0 atom stereocenters. The number of aryl methyl sites for hydroxylation is 1. The van der Waals surface area contributed by atoms with Crippen molar-refractivity contribution in [1.29, 1.82) is 0 Å². The van der Waals surface area contributed by atoms with E-state index in [4.69, 9.17) is 9.26 Å². The Balaban J connectivity index is 1.51. The Bertz CT molecular complexity index is 1140. The number of sulfonamides is 1. The molecule has 2 heterocycles. The van der Waals surface area contributed by atoms with E-state index in [1.165, 1.54) is 17.0 Å². The summed E-state index contributed by atoms with van der Waals surface area (Å²) in [6, 6.07) is 15.0. The molecular weight excluding hydrogens is 428 g/mol. The number of ether oxygens (including phenoxy) is 1. The second kappa shape index (κ2) is 9.81. The standard InChI is InChI=1S/C23H28N4O4S/c1-3-7-22-24-23(31-25-22)20-16-19(10-11-21(20)30-2)32(28,29)27-14-12-26(13-15-27)17-18-8-5-4-6-9-18/h4-6,8-11,16H,3,7,12-15,17H2,1-2H3. The summed E-state index contributed by atoms with van der Waals surface area (Å²) in [5.41, 5.74) is 1.71. The average Bonchev–Trinajstić information content (AvgIpc) is 3.28. The Labute approximate surface area is 188 Å². The first-order chi connectivity index (χ1) is 15.5. The number of aromatic nitrogens is 2. The van der Waals surface area contributed by atoms with E-state index in [1.807, 2.05) is 25.1 Å². The molecule has 3 aromatic rings. The molecular formula is C23H28N4O4S. The minimum atomic E-state index is -3.66. The van der Waals surface area contributed by atoms with Gasteiger partial charge in [-0.1, -0.05) is 42.4 Å². The van der Waals surface area contributed by atoms with Crippen LogP contribution in [0.1, 0.15) is 24.7 Å². The van der Waals surface area contributed by atoms with Crippen molar-refractivity contribution in [3.8, 4) is 17.2 Å². The second-order valence-corrected chi connectivity index (χ2v) is 9.73. The van der Waals surface area contributed by atoms with Gasteiger partial charge >= 0.3 is 0 Å². The van der Waals surface area contributed by atoms with Crippen LogP contribution >= 0.6 is 0 Å². The highest BCUT2D eigenvalue weighted by molar-refractivity contribution is 7.89. The molecule has 1 aromatic heterocycles. The van der Waals surface area contributed by atoms with Crippen LogP contribution in [0.3, 0.4) is 0 Å². The highest BCUT2D eigenvalue weighted by Gasteiger charge is 2.30. The summed E-state index contributed by atoms with van der Waals surface area (Å²) < 4.78 is 39.0. The van der Waals surface area contributed by atoms with E-state index in [1.54, 1.807) is 18.2 Å². The van der Waals surface area contributed by atoms with Crippen molar-refractivity contribution < 1.29 is 17.7 Å². The fourth-order valence-electron chi connectivity index (χ4n) is 3.82. The minimum absolute atomic E-state index is 0.194. The van der Waals surface area contributed by atoms with Crippen LogP contribution < -0.4 is 4.74 Å². The van der Waals surface area contributed by atoms with Gasteiger partial charge in [0.2, 0.25) is 10.0 Å². The molecule has 0 N–H and O–H groups in total. The van der Waals surface area contributed by atoms with Crippen LogP contribution in [0.4, 0.5) is 0 Å². The third-order valence-electron chi connectivity index (χ3n) is 5.56. The smallest absolute Gasteiger partial charge is 0.261 e. The molecule has 0 saturated carbocycles. The molecule has 1 saturated heterocycles. The molecule has 1 aliphatic rings. The van der Waals surface area contributed by atoms with Gasteiger partial charge in [0.05, 0.1) is 17.6 Å². The van der Waals surface area contributed by atoms with Gasteiger partial charge in [0.1, 0.15) is 5.75 Å². The summed E-state index contributed by atoms with van der Waals surface area (Å²) in [4.78, 5) is 6.86. The van der Waals surface area contributed by atoms with E-state index in [9.17, 15) is 8.42 Å². The zero-order valence-electron chi connectivity index (χ0n) is 18.4. The molecule has 1 aliphatic heterocycles. The lowest BCUT2D eigenvalue weighted by molar-refractivity contribution is 0.181. The molecule has 0 unspecified atom stereocenters. The summed E-state index contributed by atoms with van der Waals surface area (Å²) in [7, 11) is -2.13. The van der Waals surface area contributed by atoms with E-state index >= 15 is 0 Å². The minimum Gasteiger partial charge on any atom is -0.496 e. The topological polar surface area (TPSA) is 88.8 Å². The van der Waals surface area contributed by atoms with Crippen molar-refractivity contribution in [2.24, 2.45) is 0 Å². The van der Waals surface area contributed by atoms with Crippen molar-refractivity contribution >= 4 is 10.0 Å². The number of hydrogen-bond donors (Lipinski definition) is 0. The van der Waals surface area contributed by atoms with Crippen molar-refractivity contribution in [2.75, 3.05) is 33.3 Å². The summed E-state index contributed by atoms with van der Waals surface area (Å²) in [6.45, 7) is 5.10. The van der Waals surface area contributed by atoms with Crippen LogP contribution in [0.5, 0.6) is 5.75 Å². The normalized spacial score (nSPS) is 15.7. The van der Waals surface area contributed by atoms with Gasteiger partial charge in [-0.3, -0.25) is 4.90 Å². The first-order valence-electron chi connectivity index (χ1n) is 10.8. The maximum absolute atomic E-state index is 13.3. The fourth-order valence-corrected chi connectivity index (χ4v) is 5.27. The largest absolute Gasteiger partial charge is 0.496 e. The third-order valence-corrected chi connectivity index (χ3v) is 7.46. The maximum atomic E-state index is 13.3. The molecule has 0 spiro atoms. The molecule has 32 heavy (non-hydrogen) atoms. The van der Waals surface area contributed by atoms with E-state index in [2.05, 4.69) is 27.2 Å². The molecule has 9 heteroatoms. The van der Waals surface area contributed by atoms with Gasteiger partial charge in [-0.05, 0) is 30.2 Å². The summed E-state index contributed by atoms with van der Waals surface area (Å²) >= 11 is 0. The molecule has 170 valence electrons. The lowest BCUT2D eigenvalue weighted by atomic mass is 10.2. The number of methoxy groups -OCH3 is 1. The Morgan fingerprint density at radius 2 is 1.81 bits per heavy atom. The number of hydrogen-bond acceptors (Lipinski definition) is 7. The Hall–Kier alpha value is -2.75. The summed E-state index contributed by atoms with van der Waals surface area (Å²) in [5.74, 6) is 1.34. The number of benzene rings is 2. The van der Waals surface area contributed by atoms with Crippen LogP contribution in [-0.2, 0) is 23.0 Å². The number of piperazine rings is 1. The van der Waals surface area contributed by atoms with Crippen LogP contribution in [0, 0.1) is 0 Å². The lowest BCUT2D eigenvalue weighted by Gasteiger charge is -2.34. The third kappa shape index (κ3) is 4.85. The van der Waals surface area contributed by atoms with Crippen LogP contribution in [0.25, 0.3) is 11.5 Å². The van der Waals surface area contributed by atoms with Gasteiger partial charge in [0, 0.05) is 39.1 Å². The quantitative estimate of drug-likeness (QED) is 0.514. The zero-order valence-corrected chi connectivity index (χ0v) is 19.2. The highest BCUT2D eigenvalue weighted by Crippen LogP contribution is 2.32. The van der Waals surface area contributed by atoms with Gasteiger partial charge in [0.25, 0.3) is 5.89 Å². The zero-order chi connectivity index (χ0) is 22.6. The van der Waals surface area contributed by atoms with Crippen molar-refractivity contribution in [3.63, 3.8) is 0 Å². The number of rotatable bonds is 8.